The Hall–Kier alpha value is -1.09. The highest BCUT2D eigenvalue weighted by Gasteiger charge is 2.39. The van der Waals surface area contributed by atoms with Gasteiger partial charge in [-0.1, -0.05) is 6.07 Å². The summed E-state index contributed by atoms with van der Waals surface area (Å²) in [7, 11) is -0.342. The highest BCUT2D eigenvalue weighted by atomic mass is 32.2. The normalized spacial score (nSPS) is 26.0. The van der Waals surface area contributed by atoms with Crippen molar-refractivity contribution in [1.29, 1.82) is 0 Å². The molecular weight excluding hydrogens is 336 g/mol. The minimum absolute atomic E-state index is 0.103. The quantitative estimate of drug-likeness (QED) is 0.821. The molecule has 3 aliphatic rings. The Kier molecular flexibility index (Phi) is 4.92. The van der Waals surface area contributed by atoms with Crippen LogP contribution in [0, 0.1) is 17.6 Å². The molecule has 24 heavy (non-hydrogen) atoms. The fourth-order valence-corrected chi connectivity index (χ4v) is 4.84. The molecule has 0 radical (unpaired) electrons. The second-order valence-electron chi connectivity index (χ2n) is 6.88. The lowest BCUT2D eigenvalue weighted by Crippen LogP contribution is -2.45. The predicted octanol–water partition coefficient (Wildman–Crippen LogP) is 1.67. The van der Waals surface area contributed by atoms with Crippen LogP contribution < -0.4 is 0 Å². The van der Waals surface area contributed by atoms with Crippen molar-refractivity contribution in [3.8, 4) is 0 Å². The third-order valence-corrected chi connectivity index (χ3v) is 6.82. The van der Waals surface area contributed by atoms with E-state index in [4.69, 9.17) is 0 Å². The lowest BCUT2D eigenvalue weighted by molar-refractivity contribution is 0.125. The maximum Gasteiger partial charge on any atom is 0.281 e. The number of benzene rings is 1. The van der Waals surface area contributed by atoms with Crippen molar-refractivity contribution in [2.24, 2.45) is 5.92 Å². The van der Waals surface area contributed by atoms with Crippen LogP contribution in [0.1, 0.15) is 18.4 Å². The van der Waals surface area contributed by atoms with Gasteiger partial charge >= 0.3 is 0 Å². The lowest BCUT2D eigenvalue weighted by atomic mass is 9.94. The molecule has 3 saturated heterocycles. The molecule has 4 rings (SSSR count). The maximum atomic E-state index is 13.4. The molecular formula is C16H23F2N3O2S. The van der Waals surface area contributed by atoms with E-state index in [-0.39, 0.29) is 12.0 Å². The second-order valence-corrected chi connectivity index (χ2v) is 9.02. The summed E-state index contributed by atoms with van der Waals surface area (Å²) >= 11 is 0. The van der Waals surface area contributed by atoms with Gasteiger partial charge in [0.2, 0.25) is 0 Å². The Balaban J connectivity index is 1.77. The third-order valence-electron chi connectivity index (χ3n) is 4.95. The third kappa shape index (κ3) is 3.46. The fraction of sp³-hybridized carbons (Fsp3) is 0.625. The first-order chi connectivity index (χ1) is 11.3. The topological polar surface area (TPSA) is 43.9 Å². The van der Waals surface area contributed by atoms with Crippen LogP contribution in [0.25, 0.3) is 0 Å². The van der Waals surface area contributed by atoms with Crippen molar-refractivity contribution in [3.05, 3.63) is 35.4 Å². The minimum Gasteiger partial charge on any atom is -0.294 e. The number of nitrogens with zero attached hydrogens (tertiary/aromatic N) is 3. The van der Waals surface area contributed by atoms with Crippen LogP contribution >= 0.6 is 0 Å². The smallest absolute Gasteiger partial charge is 0.281 e. The summed E-state index contributed by atoms with van der Waals surface area (Å²) in [6.45, 7) is 2.25. The van der Waals surface area contributed by atoms with Crippen LogP contribution in [-0.4, -0.2) is 61.7 Å². The molecule has 5 nitrogen and oxygen atoms in total. The van der Waals surface area contributed by atoms with Crippen LogP contribution in [0.2, 0.25) is 0 Å². The maximum absolute atomic E-state index is 13.4. The molecule has 0 unspecified atom stereocenters. The predicted molar refractivity (Wildman–Crippen MR) is 87.5 cm³/mol. The van der Waals surface area contributed by atoms with E-state index >= 15 is 0 Å². The van der Waals surface area contributed by atoms with Crippen molar-refractivity contribution in [2.45, 2.75) is 25.4 Å². The van der Waals surface area contributed by atoms with Crippen molar-refractivity contribution in [3.63, 3.8) is 0 Å². The second kappa shape index (κ2) is 6.67. The molecule has 1 aromatic rings. The molecule has 3 heterocycles. The Bertz CT molecular complexity index is 711. The average Bonchev–Trinajstić information content (AvgIpc) is 2.83. The summed E-state index contributed by atoms with van der Waals surface area (Å²) in [5, 5.41) is 0. The van der Waals surface area contributed by atoms with E-state index < -0.39 is 21.8 Å². The SMILES string of the molecule is CN(C)S(=O)(=O)N1C[C@@H]2CC[C@H](C1)N(Cc1ccc(F)c(F)c1)C2. The minimum atomic E-state index is -3.43. The zero-order valence-corrected chi connectivity index (χ0v) is 14.8. The number of rotatable bonds is 4. The zero-order chi connectivity index (χ0) is 17.5. The van der Waals surface area contributed by atoms with Gasteiger partial charge in [-0.15, -0.1) is 0 Å². The molecule has 2 bridgehead atoms. The standard InChI is InChI=1S/C16H23F2N3O2S/c1-19(2)24(22,23)21-10-13-3-5-14(11-21)20(9-13)8-12-4-6-15(17)16(18)7-12/h4,6-7,13-14H,3,5,8-11H2,1-2H3/t13-,14-/m1/s1. The molecule has 2 atom stereocenters. The van der Waals surface area contributed by atoms with Gasteiger partial charge in [-0.3, -0.25) is 4.90 Å². The Morgan fingerprint density at radius 2 is 1.88 bits per heavy atom. The van der Waals surface area contributed by atoms with E-state index in [1.165, 1.54) is 10.4 Å². The van der Waals surface area contributed by atoms with Crippen LogP contribution in [0.4, 0.5) is 8.78 Å². The highest BCUT2D eigenvalue weighted by molar-refractivity contribution is 7.86. The van der Waals surface area contributed by atoms with Gasteiger partial charge in [-0.25, -0.2) is 8.78 Å². The summed E-state index contributed by atoms with van der Waals surface area (Å²) in [5.74, 6) is -1.42. The first-order valence-corrected chi connectivity index (χ1v) is 9.52. The monoisotopic (exact) mass is 359 g/mol. The first-order valence-electron chi connectivity index (χ1n) is 8.13. The largest absolute Gasteiger partial charge is 0.294 e. The molecule has 134 valence electrons. The van der Waals surface area contributed by atoms with E-state index in [1.54, 1.807) is 24.5 Å². The summed E-state index contributed by atoms with van der Waals surface area (Å²) < 4.78 is 54.2. The van der Waals surface area contributed by atoms with Gasteiger partial charge < -0.3 is 0 Å². The molecule has 3 fully saturated rings. The number of fused-ring (bicyclic) bond motifs is 4. The van der Waals surface area contributed by atoms with Gasteiger partial charge in [0.25, 0.3) is 10.2 Å². The summed E-state index contributed by atoms with van der Waals surface area (Å²) in [4.78, 5) is 2.20. The molecule has 0 aromatic heterocycles. The van der Waals surface area contributed by atoms with E-state index in [9.17, 15) is 17.2 Å². The van der Waals surface area contributed by atoms with Crippen LogP contribution in [0.3, 0.4) is 0 Å². The van der Waals surface area contributed by atoms with Crippen LogP contribution in [-0.2, 0) is 16.8 Å². The van der Waals surface area contributed by atoms with Gasteiger partial charge in [0.1, 0.15) is 0 Å². The molecule has 0 spiro atoms. The van der Waals surface area contributed by atoms with E-state index in [2.05, 4.69) is 4.90 Å². The Morgan fingerprint density at radius 1 is 1.12 bits per heavy atom. The molecule has 0 amide bonds. The Morgan fingerprint density at radius 3 is 2.54 bits per heavy atom. The van der Waals surface area contributed by atoms with Gasteiger partial charge in [-0.05, 0) is 36.5 Å². The number of piperidine rings is 1. The summed E-state index contributed by atoms with van der Waals surface area (Å²) in [5.41, 5.74) is 0.712. The van der Waals surface area contributed by atoms with Crippen LogP contribution in [0.5, 0.6) is 0 Å². The van der Waals surface area contributed by atoms with Gasteiger partial charge in [0, 0.05) is 46.3 Å². The van der Waals surface area contributed by atoms with E-state index in [0.29, 0.717) is 25.2 Å². The highest BCUT2D eigenvalue weighted by Crippen LogP contribution is 2.30. The van der Waals surface area contributed by atoms with Gasteiger partial charge in [-0.2, -0.15) is 17.0 Å². The van der Waals surface area contributed by atoms with Gasteiger partial charge in [0.15, 0.2) is 11.6 Å². The number of halogens is 2. The molecule has 8 heteroatoms. The molecule has 0 saturated carbocycles. The molecule has 0 N–H and O–H groups in total. The van der Waals surface area contributed by atoms with E-state index in [1.807, 2.05) is 0 Å². The van der Waals surface area contributed by atoms with Crippen molar-refractivity contribution in [2.75, 3.05) is 33.7 Å². The van der Waals surface area contributed by atoms with Crippen molar-refractivity contribution >= 4 is 10.2 Å². The van der Waals surface area contributed by atoms with Gasteiger partial charge in [0.05, 0.1) is 0 Å². The summed E-state index contributed by atoms with van der Waals surface area (Å²) in [6, 6.07) is 4.06. The van der Waals surface area contributed by atoms with E-state index in [0.717, 1.165) is 25.5 Å². The van der Waals surface area contributed by atoms with Crippen LogP contribution in [0.15, 0.2) is 18.2 Å². The number of hydrogen-bond donors (Lipinski definition) is 0. The Labute approximate surface area is 142 Å². The van der Waals surface area contributed by atoms with Crippen molar-refractivity contribution in [1.82, 2.24) is 13.5 Å². The average molecular weight is 359 g/mol. The summed E-state index contributed by atoms with van der Waals surface area (Å²) in [6.07, 6.45) is 1.92. The molecule has 0 aliphatic carbocycles. The lowest BCUT2D eigenvalue weighted by Gasteiger charge is -2.36. The fourth-order valence-electron chi connectivity index (χ4n) is 3.62. The molecule has 1 aromatic carbocycles. The first kappa shape index (κ1) is 17.7. The zero-order valence-electron chi connectivity index (χ0n) is 14.0. The van der Waals surface area contributed by atoms with Crippen molar-refractivity contribution < 1.29 is 17.2 Å². The molecule has 3 aliphatic heterocycles. The number of hydrogen-bond acceptors (Lipinski definition) is 3.